The highest BCUT2D eigenvalue weighted by Gasteiger charge is 2.64. The Morgan fingerprint density at radius 3 is 1.22 bits per heavy atom. The summed E-state index contributed by atoms with van der Waals surface area (Å²) in [7, 11) is -4.44. The molecule has 3 aromatic carbocycles. The van der Waals surface area contributed by atoms with Crippen LogP contribution in [0.25, 0.3) is 0 Å². The summed E-state index contributed by atoms with van der Waals surface area (Å²) in [6, 6.07) is 22.6. The molecule has 64 heavy (non-hydrogen) atoms. The van der Waals surface area contributed by atoms with E-state index in [9.17, 15) is 17.8 Å². The number of ketones is 1. The average molecular weight is 915 g/mol. The summed E-state index contributed by atoms with van der Waals surface area (Å²) in [5, 5.41) is 0. The smallest absolute Gasteiger partial charge is 0.172 e. The van der Waals surface area contributed by atoms with E-state index in [1.807, 2.05) is 13.8 Å². The summed E-state index contributed by atoms with van der Waals surface area (Å²) >= 11 is 0. The van der Waals surface area contributed by atoms with Gasteiger partial charge in [0.05, 0.1) is 15.9 Å². The van der Waals surface area contributed by atoms with Crippen LogP contribution in [0, 0.1) is 16.7 Å². The summed E-state index contributed by atoms with van der Waals surface area (Å²) in [5.41, 5.74) is 8.67. The number of aryl methyl sites for hydroxylation is 6. The van der Waals surface area contributed by atoms with E-state index in [1.165, 1.54) is 159 Å². The lowest BCUT2D eigenvalue weighted by Crippen LogP contribution is -2.42. The minimum absolute atomic E-state index is 0.0248. The monoisotopic (exact) mass is 915 g/mol. The standard InChI is InChI=1S/C48H75S.C10H16O4S/c1-7-13-20-28-40-36-42(30-22-15-9-3)47(43(37-40)31-23-16-10-4)49(46-34-26-19-27-35-46)48-44(32-24-17-11-5)38-41(29-21-14-8-2)39-45(48)33-25-18-12-6;1-9(2)7-3-4-10(9,8(11)5-7)6-15(12,13)14/h19,26-27,34-39H,7-18,20-25,28-33H2,1-6H3;7H,3-6H2,1-2H3,(H,12,13,14)/q+1;/p-1. The average Bonchev–Trinajstić information content (AvgIpc) is 3.60. The molecule has 2 atom stereocenters. The Hall–Kier alpha value is -2.41. The fourth-order valence-electron chi connectivity index (χ4n) is 10.9. The lowest BCUT2D eigenvalue weighted by atomic mass is 9.70. The van der Waals surface area contributed by atoms with Crippen LogP contribution in [0.4, 0.5) is 0 Å². The van der Waals surface area contributed by atoms with Gasteiger partial charge in [-0.1, -0.05) is 175 Å². The molecule has 0 N–H and O–H groups in total. The number of carbonyl (C=O) groups is 1. The number of hydrogen-bond acceptors (Lipinski definition) is 4. The predicted octanol–water partition coefficient (Wildman–Crippen LogP) is 16.1. The molecule has 2 aliphatic carbocycles. The first-order chi connectivity index (χ1) is 30.8. The Bertz CT molecular complexity index is 1810. The number of unbranched alkanes of at least 4 members (excludes halogenated alkanes) is 12. The van der Waals surface area contributed by atoms with E-state index in [0.29, 0.717) is 12.8 Å². The Kier molecular flexibility index (Phi) is 23.2. The molecular weight excluding hydrogens is 825 g/mol. The van der Waals surface area contributed by atoms with Gasteiger partial charge in [-0.15, -0.1) is 0 Å². The second-order valence-corrected chi connectivity index (χ2v) is 23.5. The van der Waals surface area contributed by atoms with Crippen LogP contribution in [0.5, 0.6) is 0 Å². The first-order valence-corrected chi connectivity index (χ1v) is 29.2. The highest BCUT2D eigenvalue weighted by molar-refractivity contribution is 7.97. The third kappa shape index (κ3) is 15.0. The van der Waals surface area contributed by atoms with Crippen molar-refractivity contribution in [2.75, 3.05) is 5.75 Å². The molecule has 2 saturated carbocycles. The Morgan fingerprint density at radius 2 is 0.922 bits per heavy atom. The van der Waals surface area contributed by atoms with Crippen molar-refractivity contribution < 1.29 is 17.8 Å². The molecule has 0 amide bonds. The maximum atomic E-state index is 11.8. The summed E-state index contributed by atoms with van der Waals surface area (Å²) in [6.07, 6.45) is 32.7. The van der Waals surface area contributed by atoms with E-state index >= 15 is 0 Å². The van der Waals surface area contributed by atoms with Crippen LogP contribution in [0.2, 0.25) is 0 Å². The Morgan fingerprint density at radius 1 is 0.562 bits per heavy atom. The molecule has 358 valence electrons. The van der Waals surface area contributed by atoms with Crippen molar-refractivity contribution in [1.82, 2.24) is 0 Å². The van der Waals surface area contributed by atoms with Crippen LogP contribution in [-0.4, -0.2) is 24.5 Å². The molecule has 2 fully saturated rings. The van der Waals surface area contributed by atoms with Gasteiger partial charge in [0.1, 0.15) is 16.7 Å². The molecule has 0 heterocycles. The number of Topliss-reactive ketones (excluding diaryl/α,β-unsaturated/α-hetero) is 1. The predicted molar refractivity (Wildman–Crippen MR) is 274 cm³/mol. The highest BCUT2D eigenvalue weighted by atomic mass is 32.2. The minimum Gasteiger partial charge on any atom is -0.748 e. The first-order valence-electron chi connectivity index (χ1n) is 26.4. The topological polar surface area (TPSA) is 74.3 Å². The molecule has 4 nitrogen and oxygen atoms in total. The lowest BCUT2D eigenvalue weighted by Gasteiger charge is -2.37. The molecular formula is C58H90O4S2. The molecule has 0 aliphatic heterocycles. The van der Waals surface area contributed by atoms with Gasteiger partial charge in [0, 0.05) is 34.1 Å². The van der Waals surface area contributed by atoms with Crippen LogP contribution in [-0.2, 0) is 64.3 Å². The molecule has 0 saturated heterocycles. The fourth-order valence-corrected chi connectivity index (χ4v) is 15.0. The molecule has 0 spiro atoms. The van der Waals surface area contributed by atoms with Crippen molar-refractivity contribution in [1.29, 1.82) is 0 Å². The van der Waals surface area contributed by atoms with E-state index in [4.69, 9.17) is 0 Å². The van der Waals surface area contributed by atoms with Crippen molar-refractivity contribution in [3.63, 3.8) is 0 Å². The van der Waals surface area contributed by atoms with Crippen LogP contribution in [0.3, 0.4) is 0 Å². The first kappa shape index (κ1) is 54.2. The van der Waals surface area contributed by atoms with Crippen molar-refractivity contribution in [2.24, 2.45) is 16.7 Å². The largest absolute Gasteiger partial charge is 0.748 e. The van der Waals surface area contributed by atoms with Gasteiger partial charge >= 0.3 is 0 Å². The van der Waals surface area contributed by atoms with E-state index < -0.39 is 21.3 Å². The molecule has 0 radical (unpaired) electrons. The molecule has 3 aromatic rings. The van der Waals surface area contributed by atoms with Gasteiger partial charge in [-0.05, 0) is 124 Å². The second-order valence-electron chi connectivity index (χ2n) is 20.2. The molecule has 0 aromatic heterocycles. The van der Waals surface area contributed by atoms with E-state index in [1.54, 1.807) is 43.2 Å². The van der Waals surface area contributed by atoms with Gasteiger partial charge in [0.25, 0.3) is 0 Å². The number of benzene rings is 3. The van der Waals surface area contributed by atoms with Crippen molar-refractivity contribution in [3.8, 4) is 0 Å². The van der Waals surface area contributed by atoms with Crippen LogP contribution < -0.4 is 0 Å². The molecule has 6 heteroatoms. The van der Waals surface area contributed by atoms with Gasteiger partial charge in [-0.2, -0.15) is 0 Å². The van der Waals surface area contributed by atoms with Gasteiger partial charge in [-0.3, -0.25) is 4.79 Å². The zero-order chi connectivity index (χ0) is 46.6. The maximum Gasteiger partial charge on any atom is 0.172 e. The van der Waals surface area contributed by atoms with Gasteiger partial charge < -0.3 is 4.55 Å². The number of hydrogen-bond donors (Lipinski definition) is 0. The van der Waals surface area contributed by atoms with Gasteiger partial charge in [0.15, 0.2) is 14.7 Å². The molecule has 2 bridgehead atoms. The minimum atomic E-state index is -4.33. The van der Waals surface area contributed by atoms with Gasteiger partial charge in [-0.25, -0.2) is 8.42 Å². The summed E-state index contributed by atoms with van der Waals surface area (Å²) < 4.78 is 32.7. The SMILES string of the molecule is CC1(C)C2CCC1(CS(=O)(=O)[O-])C(=O)C2.CCCCCc1cc(CCCCC)c([S+](c2ccccc2)c2c(CCCCC)cc(CCCCC)cc2CCCCC)c(CCCCC)c1. The molecule has 2 aliphatic rings. The third-order valence-electron chi connectivity index (χ3n) is 14.9. The third-order valence-corrected chi connectivity index (χ3v) is 18.3. The van der Waals surface area contributed by atoms with E-state index in [2.05, 4.69) is 96.1 Å². The summed E-state index contributed by atoms with van der Waals surface area (Å²) in [6.45, 7) is 18.0. The zero-order valence-corrected chi connectivity index (χ0v) is 43.7. The van der Waals surface area contributed by atoms with Crippen molar-refractivity contribution in [3.05, 3.63) is 88.0 Å². The lowest BCUT2D eigenvalue weighted by molar-refractivity contribution is -0.128. The molecule has 2 unspecified atom stereocenters. The van der Waals surface area contributed by atoms with E-state index in [0.717, 1.165) is 6.42 Å². The number of fused-ring (bicyclic) bond motifs is 2. The quantitative estimate of drug-likeness (QED) is 0.0395. The Balaban J connectivity index is 0.000000499. The van der Waals surface area contributed by atoms with Crippen LogP contribution in [0.15, 0.2) is 69.3 Å². The van der Waals surface area contributed by atoms with Crippen LogP contribution in [0.1, 0.15) is 224 Å². The maximum absolute atomic E-state index is 11.8. The summed E-state index contributed by atoms with van der Waals surface area (Å²) in [5.74, 6) is -0.280. The zero-order valence-electron chi connectivity index (χ0n) is 42.0. The molecule has 5 rings (SSSR count). The van der Waals surface area contributed by atoms with Crippen LogP contribution >= 0.6 is 0 Å². The van der Waals surface area contributed by atoms with E-state index in [-0.39, 0.29) is 28.0 Å². The Labute approximate surface area is 396 Å². The summed E-state index contributed by atoms with van der Waals surface area (Å²) in [4.78, 5) is 16.8. The second kappa shape index (κ2) is 27.4. The number of rotatable bonds is 29. The number of carbonyl (C=O) groups excluding carboxylic acids is 1. The van der Waals surface area contributed by atoms with Gasteiger partial charge in [0.2, 0.25) is 0 Å². The normalized spacial score (nSPS) is 17.9. The van der Waals surface area contributed by atoms with Crippen molar-refractivity contribution in [2.45, 2.75) is 243 Å². The van der Waals surface area contributed by atoms with Crippen molar-refractivity contribution >= 4 is 26.8 Å². The fraction of sp³-hybridized carbons (Fsp3) is 0.672. The highest BCUT2D eigenvalue weighted by Crippen LogP contribution is 2.64.